The normalized spacial score (nSPS) is 11.2. The van der Waals surface area contributed by atoms with Crippen molar-refractivity contribution in [1.82, 2.24) is 0 Å². The quantitative estimate of drug-likeness (QED) is 0.150. The van der Waals surface area contributed by atoms with Crippen LogP contribution in [0, 0.1) is 5.41 Å². The van der Waals surface area contributed by atoms with Gasteiger partial charge in [-0.15, -0.1) is 0 Å². The second kappa shape index (κ2) is 11.7. The van der Waals surface area contributed by atoms with E-state index in [0.717, 1.165) is 10.8 Å². The van der Waals surface area contributed by atoms with Gasteiger partial charge in [-0.05, 0) is 65.4 Å². The van der Waals surface area contributed by atoms with Crippen LogP contribution in [0.25, 0.3) is 10.8 Å². The fourth-order valence-corrected chi connectivity index (χ4v) is 4.31. The molecule has 0 unspecified atom stereocenters. The lowest BCUT2D eigenvalue weighted by atomic mass is 10.1. The van der Waals surface area contributed by atoms with Crippen LogP contribution in [-0.2, 0) is 14.8 Å². The molecule has 4 aromatic rings. The number of alkyl halides is 3. The van der Waals surface area contributed by atoms with Crippen molar-refractivity contribution in [2.24, 2.45) is 5.73 Å². The summed E-state index contributed by atoms with van der Waals surface area (Å²) < 4.78 is 65.6. The predicted molar refractivity (Wildman–Crippen MR) is 139 cm³/mol. The van der Waals surface area contributed by atoms with Crippen molar-refractivity contribution in [2.45, 2.75) is 11.1 Å². The summed E-state index contributed by atoms with van der Waals surface area (Å²) in [6.07, 6.45) is -5.08. The number of aliphatic carboxylic acids is 1. The number of hydrogen-bond acceptors (Lipinski definition) is 6. The number of nitrogen functional groups attached to an aromatic ring is 1. The zero-order valence-electron chi connectivity index (χ0n) is 20.1. The molecule has 0 heterocycles. The Labute approximate surface area is 225 Å². The van der Waals surface area contributed by atoms with Crippen LogP contribution in [0.4, 0.5) is 18.9 Å². The van der Waals surface area contributed by atoms with Crippen LogP contribution >= 0.6 is 0 Å². The molecule has 0 bridgehead atoms. The lowest BCUT2D eigenvalue weighted by Gasteiger charge is -2.13. The van der Waals surface area contributed by atoms with Crippen molar-refractivity contribution >= 4 is 44.3 Å². The third kappa shape index (κ3) is 7.48. The molecule has 0 amide bonds. The molecular weight excluding hydrogens is 555 g/mol. The first-order chi connectivity index (χ1) is 18.7. The third-order valence-electron chi connectivity index (χ3n) is 5.13. The number of aromatic carboxylic acids is 1. The smallest absolute Gasteiger partial charge is 0.478 e. The SMILES string of the molecule is N=C(N)c1ccc(Oc2ccc(NS(=O)(=O)c3ccc4ccccc4c3)cc2C(=O)O)cc1.O=C(O)C(F)(F)F. The van der Waals surface area contributed by atoms with Crippen LogP contribution in [0.2, 0.25) is 0 Å². The number of sulfonamides is 1. The second-order valence-corrected chi connectivity index (χ2v) is 9.66. The molecule has 0 aliphatic rings. The number of hydrogen-bond donors (Lipinski definition) is 5. The van der Waals surface area contributed by atoms with Crippen LogP contribution in [0.1, 0.15) is 15.9 Å². The summed E-state index contributed by atoms with van der Waals surface area (Å²) in [5, 5.41) is 25.8. The monoisotopic (exact) mass is 575 g/mol. The highest BCUT2D eigenvalue weighted by Crippen LogP contribution is 2.30. The molecule has 6 N–H and O–H groups in total. The number of carboxylic acids is 2. The summed E-state index contributed by atoms with van der Waals surface area (Å²) >= 11 is 0. The summed E-state index contributed by atoms with van der Waals surface area (Å²) in [6, 6.07) is 22.4. The van der Waals surface area contributed by atoms with Gasteiger partial charge in [0.05, 0.1) is 4.90 Å². The van der Waals surface area contributed by atoms with Crippen molar-refractivity contribution in [1.29, 1.82) is 5.41 Å². The van der Waals surface area contributed by atoms with Gasteiger partial charge in [0.2, 0.25) is 0 Å². The maximum Gasteiger partial charge on any atom is 0.490 e. The van der Waals surface area contributed by atoms with E-state index in [0.29, 0.717) is 11.3 Å². The summed E-state index contributed by atoms with van der Waals surface area (Å²) in [7, 11) is -3.95. The molecule has 4 aromatic carbocycles. The first-order valence-corrected chi connectivity index (χ1v) is 12.5. The van der Waals surface area contributed by atoms with E-state index in [1.807, 2.05) is 24.3 Å². The van der Waals surface area contributed by atoms with E-state index in [1.165, 1.54) is 24.3 Å². The van der Waals surface area contributed by atoms with Crippen LogP contribution < -0.4 is 15.2 Å². The number of benzene rings is 4. The maximum absolute atomic E-state index is 12.9. The van der Waals surface area contributed by atoms with Gasteiger partial charge < -0.3 is 20.7 Å². The minimum Gasteiger partial charge on any atom is -0.478 e. The third-order valence-corrected chi connectivity index (χ3v) is 6.51. The average Bonchev–Trinajstić information content (AvgIpc) is 2.89. The molecule has 0 radical (unpaired) electrons. The molecule has 40 heavy (non-hydrogen) atoms. The van der Waals surface area contributed by atoms with Crippen LogP contribution in [0.3, 0.4) is 0 Å². The Hall–Kier alpha value is -5.11. The van der Waals surface area contributed by atoms with Crippen molar-refractivity contribution in [3.63, 3.8) is 0 Å². The van der Waals surface area contributed by atoms with Crippen molar-refractivity contribution in [3.05, 3.63) is 96.1 Å². The molecule has 208 valence electrons. The van der Waals surface area contributed by atoms with Gasteiger partial charge in [-0.25, -0.2) is 18.0 Å². The molecule has 4 rings (SSSR count). The molecule has 14 heteroatoms. The molecular formula is C26H20F3N3O7S. The molecule has 0 fully saturated rings. The summed E-state index contributed by atoms with van der Waals surface area (Å²) in [6.45, 7) is 0. The number of fused-ring (bicyclic) bond motifs is 1. The van der Waals surface area contributed by atoms with Gasteiger partial charge in [0, 0.05) is 11.3 Å². The Morgan fingerprint density at radius 2 is 1.48 bits per heavy atom. The average molecular weight is 576 g/mol. The standard InChI is InChI=1S/C24H19N3O5S.C2HF3O2/c25-23(26)16-5-9-19(10-6-16)32-22-12-8-18(14-21(22)24(28)29)27-33(30,31)20-11-7-15-3-1-2-4-17(15)13-20;3-2(4,5)1(6)7/h1-14,27H,(H3,25,26)(H,28,29);(H,6,7). The van der Waals surface area contributed by atoms with Crippen LogP contribution in [0.5, 0.6) is 11.5 Å². The molecule has 0 saturated carbocycles. The van der Waals surface area contributed by atoms with E-state index in [1.54, 1.807) is 36.4 Å². The largest absolute Gasteiger partial charge is 0.490 e. The van der Waals surface area contributed by atoms with Crippen LogP contribution in [-0.4, -0.2) is 42.6 Å². The topological polar surface area (TPSA) is 180 Å². The van der Waals surface area contributed by atoms with E-state index in [4.69, 9.17) is 25.8 Å². The molecule has 0 aliphatic heterocycles. The van der Waals surface area contributed by atoms with Gasteiger partial charge >= 0.3 is 18.1 Å². The number of ether oxygens (including phenoxy) is 1. The second-order valence-electron chi connectivity index (χ2n) is 7.97. The Morgan fingerprint density at radius 1 is 0.875 bits per heavy atom. The summed E-state index contributed by atoms with van der Waals surface area (Å²) in [5.74, 6) is -3.76. The van der Waals surface area contributed by atoms with Gasteiger partial charge in [-0.3, -0.25) is 10.1 Å². The van der Waals surface area contributed by atoms with Crippen molar-refractivity contribution in [2.75, 3.05) is 4.72 Å². The first kappa shape index (κ1) is 29.4. The van der Waals surface area contributed by atoms with E-state index < -0.39 is 28.1 Å². The number of nitrogens with one attached hydrogen (secondary N) is 2. The van der Waals surface area contributed by atoms with Gasteiger partial charge in [-0.2, -0.15) is 13.2 Å². The maximum atomic E-state index is 12.9. The van der Waals surface area contributed by atoms with Gasteiger partial charge in [0.15, 0.2) is 0 Å². The first-order valence-electron chi connectivity index (χ1n) is 11.0. The molecule has 0 spiro atoms. The van der Waals surface area contributed by atoms with Crippen LogP contribution in [0.15, 0.2) is 89.8 Å². The molecule has 0 aromatic heterocycles. The van der Waals surface area contributed by atoms with E-state index >= 15 is 0 Å². The summed E-state index contributed by atoms with van der Waals surface area (Å²) in [4.78, 5) is 20.7. The molecule has 0 atom stereocenters. The van der Waals surface area contributed by atoms with Crippen molar-refractivity contribution in [3.8, 4) is 11.5 Å². The lowest BCUT2D eigenvalue weighted by molar-refractivity contribution is -0.192. The van der Waals surface area contributed by atoms with E-state index in [9.17, 15) is 31.5 Å². The highest BCUT2D eigenvalue weighted by Gasteiger charge is 2.38. The zero-order valence-corrected chi connectivity index (χ0v) is 21.0. The number of rotatable bonds is 7. The Bertz CT molecular complexity index is 1690. The predicted octanol–water partition coefficient (Wildman–Crippen LogP) is 5.05. The van der Waals surface area contributed by atoms with Gasteiger partial charge in [0.25, 0.3) is 10.0 Å². The Morgan fingerprint density at radius 3 is 2.02 bits per heavy atom. The molecule has 0 aliphatic carbocycles. The lowest BCUT2D eigenvalue weighted by Crippen LogP contribution is -2.21. The number of amidine groups is 1. The molecule has 0 saturated heterocycles. The minimum absolute atomic E-state index is 0.0340. The number of nitrogens with two attached hydrogens (primary N) is 1. The van der Waals surface area contributed by atoms with Crippen molar-refractivity contribution < 1.29 is 46.1 Å². The fraction of sp³-hybridized carbons (Fsp3) is 0.0385. The molecule has 10 nitrogen and oxygen atoms in total. The number of carbonyl (C=O) groups is 2. The number of anilines is 1. The zero-order chi connectivity index (χ0) is 29.7. The Kier molecular flexibility index (Phi) is 8.64. The van der Waals surface area contributed by atoms with E-state index in [-0.39, 0.29) is 27.7 Å². The van der Waals surface area contributed by atoms with E-state index in [2.05, 4.69) is 4.72 Å². The summed E-state index contributed by atoms with van der Waals surface area (Å²) in [5.41, 5.74) is 5.79. The van der Waals surface area contributed by atoms with Gasteiger partial charge in [0.1, 0.15) is 22.9 Å². The Balaban J connectivity index is 0.000000559. The fourth-order valence-electron chi connectivity index (χ4n) is 3.23. The van der Waals surface area contributed by atoms with Gasteiger partial charge in [-0.1, -0.05) is 30.3 Å². The number of halogens is 3. The number of carboxylic acid groups (broad SMARTS) is 2. The highest BCUT2D eigenvalue weighted by molar-refractivity contribution is 7.92. The minimum atomic E-state index is -5.08. The highest BCUT2D eigenvalue weighted by atomic mass is 32.2.